The van der Waals surface area contributed by atoms with Gasteiger partial charge in [-0.2, -0.15) is 0 Å². The van der Waals surface area contributed by atoms with Gasteiger partial charge in [0.25, 0.3) is 9.76 Å². The quantitative estimate of drug-likeness (QED) is 0.650. The first-order valence-electron chi connectivity index (χ1n) is 4.80. The van der Waals surface area contributed by atoms with Gasteiger partial charge in [0.15, 0.2) is 0 Å². The smallest absolute Gasteiger partial charge is 0.300 e. The number of aryl methyl sites for hydroxylation is 1. The van der Waals surface area contributed by atoms with E-state index in [4.69, 9.17) is 49.4 Å². The van der Waals surface area contributed by atoms with E-state index in [1.165, 1.54) is 0 Å². The Labute approximate surface area is 120 Å². The number of aliphatic carboxylic acids is 1. The van der Waals surface area contributed by atoms with Crippen molar-refractivity contribution in [2.75, 3.05) is 0 Å². The zero-order valence-corrected chi connectivity index (χ0v) is 12.0. The molecule has 0 heterocycles. The molecular weight excluding hydrogens is 302 g/mol. The fourth-order valence-electron chi connectivity index (χ4n) is 0.884. The number of alkyl halides is 3. The van der Waals surface area contributed by atoms with Crippen LogP contribution in [0, 0.1) is 6.92 Å². The highest BCUT2D eigenvalue weighted by Crippen LogP contribution is 2.31. The Hall–Kier alpha value is -0.680. The predicted molar refractivity (Wildman–Crippen MR) is 71.4 cm³/mol. The molecule has 0 saturated heterocycles. The number of halogens is 3. The van der Waals surface area contributed by atoms with Crippen molar-refractivity contribution >= 4 is 40.8 Å². The van der Waals surface area contributed by atoms with Crippen molar-refractivity contribution in [1.82, 2.24) is 0 Å². The zero-order chi connectivity index (χ0) is 14.3. The third kappa shape index (κ3) is 8.42. The van der Waals surface area contributed by atoms with E-state index in [9.17, 15) is 5.11 Å². The van der Waals surface area contributed by atoms with Gasteiger partial charge in [-0.1, -0.05) is 46.9 Å². The summed E-state index contributed by atoms with van der Waals surface area (Å²) in [5, 5.41) is 16.7. The molecule has 4 nitrogen and oxygen atoms in total. The average molecular weight is 316 g/mol. The second-order valence-corrected chi connectivity index (χ2v) is 5.72. The maximum absolute atomic E-state index is 9.31. The summed E-state index contributed by atoms with van der Waals surface area (Å²) in [7, 11) is 0. The second-order valence-electron chi connectivity index (χ2n) is 3.35. The number of rotatable bonds is 2. The summed E-state index contributed by atoms with van der Waals surface area (Å²) >= 11 is 16.3. The summed E-state index contributed by atoms with van der Waals surface area (Å²) in [4.78, 5) is 9.00. The molecule has 2 N–H and O–H groups in total. The van der Waals surface area contributed by atoms with E-state index in [1.54, 1.807) is 18.2 Å². The van der Waals surface area contributed by atoms with E-state index < -0.39 is 16.1 Å². The second kappa shape index (κ2) is 7.69. The third-order valence-corrected chi connectivity index (χ3v) is 2.08. The molecule has 0 aromatic heterocycles. The van der Waals surface area contributed by atoms with E-state index in [1.807, 2.05) is 13.0 Å². The van der Waals surface area contributed by atoms with E-state index in [0.29, 0.717) is 5.75 Å². The van der Waals surface area contributed by atoms with Crippen LogP contribution in [0.2, 0.25) is 0 Å². The van der Waals surface area contributed by atoms with Gasteiger partial charge >= 0.3 is 0 Å². The summed E-state index contributed by atoms with van der Waals surface area (Å²) in [5.74, 6) is -0.371. The first-order chi connectivity index (χ1) is 8.12. The topological polar surface area (TPSA) is 66.8 Å². The van der Waals surface area contributed by atoms with E-state index in [0.717, 1.165) is 12.5 Å². The van der Waals surface area contributed by atoms with Gasteiger partial charge < -0.3 is 14.9 Å². The molecule has 0 spiro atoms. The molecule has 0 fully saturated rings. The van der Waals surface area contributed by atoms with Gasteiger partial charge in [-0.3, -0.25) is 4.79 Å². The van der Waals surface area contributed by atoms with Crippen LogP contribution in [0.5, 0.6) is 5.75 Å². The minimum atomic E-state index is -1.84. The molecule has 1 atom stereocenters. The molecule has 1 rings (SSSR count). The van der Waals surface area contributed by atoms with Gasteiger partial charge in [0.1, 0.15) is 5.75 Å². The number of benzene rings is 1. The lowest BCUT2D eigenvalue weighted by atomic mass is 10.2. The van der Waals surface area contributed by atoms with Crippen LogP contribution in [0.1, 0.15) is 12.5 Å². The van der Waals surface area contributed by atoms with Crippen LogP contribution in [0.25, 0.3) is 0 Å². The highest BCUT2D eigenvalue weighted by atomic mass is 35.6. The zero-order valence-electron chi connectivity index (χ0n) is 9.73. The first kappa shape index (κ1) is 17.3. The van der Waals surface area contributed by atoms with Gasteiger partial charge in [-0.05, 0) is 24.6 Å². The lowest BCUT2D eigenvalue weighted by molar-refractivity contribution is -0.134. The Bertz CT molecular complexity index is 386. The molecular formula is C11H13Cl3O4. The van der Waals surface area contributed by atoms with Crippen LogP contribution in [0.3, 0.4) is 0 Å². The summed E-state index contributed by atoms with van der Waals surface area (Å²) in [6.45, 7) is 2.98. The lowest BCUT2D eigenvalue weighted by Gasteiger charge is -2.20. The summed E-state index contributed by atoms with van der Waals surface area (Å²) in [6.07, 6.45) is -1.48. The summed E-state index contributed by atoms with van der Waals surface area (Å²) < 4.78 is 3.18. The average Bonchev–Trinajstić information content (AvgIpc) is 2.14. The maximum Gasteiger partial charge on any atom is 0.300 e. The molecule has 0 aliphatic rings. The van der Waals surface area contributed by atoms with Gasteiger partial charge in [-0.15, -0.1) is 0 Å². The number of carboxylic acids is 1. The number of hydrogen-bond donors (Lipinski definition) is 2. The van der Waals surface area contributed by atoms with Crippen LogP contribution in [-0.4, -0.2) is 26.3 Å². The highest BCUT2D eigenvalue weighted by Gasteiger charge is 2.32. The van der Waals surface area contributed by atoms with Crippen LogP contribution >= 0.6 is 34.8 Å². The number of carboxylic acid groups (broad SMARTS) is 1. The summed E-state index contributed by atoms with van der Waals surface area (Å²) in [6, 6.07) is 7.09. The lowest BCUT2D eigenvalue weighted by Crippen LogP contribution is -2.31. The molecule has 0 radical (unpaired) electrons. The van der Waals surface area contributed by atoms with Gasteiger partial charge in [0.2, 0.25) is 6.29 Å². The molecule has 1 aromatic carbocycles. The van der Waals surface area contributed by atoms with Crippen molar-refractivity contribution in [1.29, 1.82) is 0 Å². The maximum atomic E-state index is 9.31. The standard InChI is InChI=1S/C9H9Cl3O2.C2H4O2/c1-6-3-2-4-7(5-6)14-8(13)9(10,11)12;1-2(3)4/h2-5,8,13H,1H3;1H3,(H,3,4). The fourth-order valence-corrected chi connectivity index (χ4v) is 1.02. The Balaban J connectivity index is 0.000000631. The normalized spacial score (nSPS) is 12.1. The van der Waals surface area contributed by atoms with Crippen molar-refractivity contribution in [2.45, 2.75) is 23.9 Å². The largest absolute Gasteiger partial charge is 0.481 e. The molecule has 0 bridgehead atoms. The van der Waals surface area contributed by atoms with E-state index >= 15 is 0 Å². The monoisotopic (exact) mass is 314 g/mol. The van der Waals surface area contributed by atoms with Gasteiger partial charge in [0, 0.05) is 6.92 Å². The van der Waals surface area contributed by atoms with Crippen LogP contribution in [-0.2, 0) is 4.79 Å². The van der Waals surface area contributed by atoms with Crippen molar-refractivity contribution in [2.24, 2.45) is 0 Å². The fraction of sp³-hybridized carbons (Fsp3) is 0.364. The molecule has 1 unspecified atom stereocenters. The van der Waals surface area contributed by atoms with Gasteiger partial charge in [0.05, 0.1) is 0 Å². The molecule has 7 heteroatoms. The predicted octanol–water partition coefficient (Wildman–Crippen LogP) is 3.15. The Morgan fingerprint density at radius 1 is 1.39 bits per heavy atom. The molecule has 0 amide bonds. The Morgan fingerprint density at radius 3 is 2.28 bits per heavy atom. The van der Waals surface area contributed by atoms with Crippen molar-refractivity contribution in [3.63, 3.8) is 0 Å². The summed E-state index contributed by atoms with van der Waals surface area (Å²) in [5.41, 5.74) is 0.999. The van der Waals surface area contributed by atoms with Crippen LogP contribution in [0.4, 0.5) is 0 Å². The number of aliphatic hydroxyl groups excluding tert-OH is 1. The van der Waals surface area contributed by atoms with E-state index in [-0.39, 0.29) is 0 Å². The van der Waals surface area contributed by atoms with Gasteiger partial charge in [-0.25, -0.2) is 0 Å². The van der Waals surface area contributed by atoms with Crippen molar-refractivity contribution in [3.8, 4) is 5.75 Å². The number of carbonyl (C=O) groups is 1. The van der Waals surface area contributed by atoms with Crippen molar-refractivity contribution < 1.29 is 19.7 Å². The number of aliphatic hydroxyl groups is 1. The molecule has 1 aromatic rings. The Morgan fingerprint density at radius 2 is 1.89 bits per heavy atom. The highest BCUT2D eigenvalue weighted by molar-refractivity contribution is 6.67. The minimum absolute atomic E-state index is 0.462. The Kier molecular flexibility index (Phi) is 7.40. The minimum Gasteiger partial charge on any atom is -0.481 e. The number of ether oxygens (including phenoxy) is 1. The molecule has 0 aliphatic carbocycles. The van der Waals surface area contributed by atoms with Crippen LogP contribution in [0.15, 0.2) is 24.3 Å². The SMILES string of the molecule is CC(=O)O.Cc1cccc(OC(O)C(Cl)(Cl)Cl)c1. The third-order valence-electron chi connectivity index (χ3n) is 1.52. The molecule has 0 aliphatic heterocycles. The first-order valence-corrected chi connectivity index (χ1v) is 5.94. The molecule has 18 heavy (non-hydrogen) atoms. The number of hydrogen-bond acceptors (Lipinski definition) is 3. The van der Waals surface area contributed by atoms with Crippen LogP contribution < -0.4 is 4.74 Å². The molecule has 0 saturated carbocycles. The van der Waals surface area contributed by atoms with Crippen molar-refractivity contribution in [3.05, 3.63) is 29.8 Å². The molecule has 102 valence electrons. The van der Waals surface area contributed by atoms with E-state index in [2.05, 4.69) is 0 Å².